The molecular formula is C28H30Cl2N2O6. The number of carbonyl (C=O) groups is 4. The molecule has 5 aliphatic rings. The summed E-state index contributed by atoms with van der Waals surface area (Å²) >= 11 is 14.3. The van der Waals surface area contributed by atoms with Gasteiger partial charge in [0.25, 0.3) is 11.8 Å². The van der Waals surface area contributed by atoms with Gasteiger partial charge in [-0.3, -0.25) is 29.0 Å². The summed E-state index contributed by atoms with van der Waals surface area (Å²) in [4.78, 5) is 53.3. The van der Waals surface area contributed by atoms with E-state index in [0.29, 0.717) is 17.7 Å². The fourth-order valence-corrected chi connectivity index (χ4v) is 8.72. The molecule has 2 saturated heterocycles. The van der Waals surface area contributed by atoms with Gasteiger partial charge in [-0.1, -0.05) is 30.9 Å². The van der Waals surface area contributed by atoms with Gasteiger partial charge in [0.15, 0.2) is 9.75 Å². The van der Waals surface area contributed by atoms with Crippen LogP contribution in [0.3, 0.4) is 0 Å². The number of hydrogen-bond acceptors (Lipinski definition) is 6. The molecule has 10 heteroatoms. The van der Waals surface area contributed by atoms with E-state index in [1.54, 1.807) is 12.1 Å². The van der Waals surface area contributed by atoms with Crippen molar-refractivity contribution in [2.45, 2.75) is 66.7 Å². The third-order valence-electron chi connectivity index (χ3n) is 9.53. The molecule has 3 aliphatic carbocycles. The van der Waals surface area contributed by atoms with Crippen LogP contribution in [0.5, 0.6) is 11.5 Å². The molecule has 1 N–H and O–H groups in total. The topological polar surface area (TPSA) is 104 Å². The Labute approximate surface area is 230 Å². The molecule has 4 fully saturated rings. The average Bonchev–Trinajstić information content (AvgIpc) is 3.24. The van der Waals surface area contributed by atoms with E-state index < -0.39 is 45.2 Å². The Hall–Kier alpha value is -2.58. The minimum Gasteiger partial charge on any atom is -0.508 e. The number of alkyl halides is 2. The van der Waals surface area contributed by atoms with Gasteiger partial charge in [-0.2, -0.15) is 0 Å². The number of rotatable bonds is 3. The summed E-state index contributed by atoms with van der Waals surface area (Å²) in [7, 11) is 2.82. The molecule has 4 amide bonds. The van der Waals surface area contributed by atoms with Crippen LogP contribution in [0.15, 0.2) is 29.8 Å². The molecule has 2 heterocycles. The van der Waals surface area contributed by atoms with E-state index in [-0.39, 0.29) is 35.6 Å². The molecule has 2 aliphatic heterocycles. The van der Waals surface area contributed by atoms with Crippen LogP contribution in [0.25, 0.3) is 0 Å². The number of carbonyl (C=O) groups excluding carboxylic acids is 4. The van der Waals surface area contributed by atoms with Gasteiger partial charge < -0.3 is 9.84 Å². The van der Waals surface area contributed by atoms with E-state index in [1.807, 2.05) is 6.08 Å². The second kappa shape index (κ2) is 8.71. The molecule has 202 valence electrons. The highest BCUT2D eigenvalue weighted by Gasteiger charge is 2.76. The molecule has 0 bridgehead atoms. The van der Waals surface area contributed by atoms with Crippen LogP contribution < -0.4 is 4.74 Å². The highest BCUT2D eigenvalue weighted by Crippen LogP contribution is 2.66. The number of imide groups is 2. The predicted molar refractivity (Wildman–Crippen MR) is 139 cm³/mol. The number of aromatic hydroxyl groups is 1. The minimum atomic E-state index is -1.94. The van der Waals surface area contributed by atoms with Crippen molar-refractivity contribution in [3.63, 3.8) is 0 Å². The summed E-state index contributed by atoms with van der Waals surface area (Å²) in [5.41, 5.74) is 0.945. The standard InChI is InChI=1S/C28H30Cl2N2O6/c1-31-25(36)27(29)13-19-16(22(28(27,30)26(31)37)18-12-15(38-2)8-11-20(18)33)9-10-17-21(19)24(35)32(23(17)34)14-6-4-3-5-7-14/h8-9,11-12,14,17,19,21-22,33H,3-7,10,13H2,1-2H3/t17-,19+,21-,22+,27+,28-/m0/s1. The first-order chi connectivity index (χ1) is 18.1. The first kappa shape index (κ1) is 25.7. The summed E-state index contributed by atoms with van der Waals surface area (Å²) in [5.74, 6) is -4.27. The lowest BCUT2D eigenvalue weighted by Crippen LogP contribution is -2.60. The van der Waals surface area contributed by atoms with Crippen LogP contribution in [-0.4, -0.2) is 68.5 Å². The minimum absolute atomic E-state index is 0.0568. The Kier molecular flexibility index (Phi) is 5.89. The Morgan fingerprint density at radius 2 is 1.71 bits per heavy atom. The number of amides is 4. The molecule has 38 heavy (non-hydrogen) atoms. The van der Waals surface area contributed by atoms with Crippen LogP contribution in [-0.2, 0) is 19.2 Å². The van der Waals surface area contributed by atoms with Crippen LogP contribution >= 0.6 is 23.2 Å². The number of likely N-dealkylation sites (tertiary alicyclic amines) is 2. The monoisotopic (exact) mass is 560 g/mol. The summed E-state index contributed by atoms with van der Waals surface area (Å²) in [6, 6.07) is 4.49. The second-order valence-electron chi connectivity index (χ2n) is 11.3. The van der Waals surface area contributed by atoms with Gasteiger partial charge in [-0.15, -0.1) is 23.2 Å². The van der Waals surface area contributed by atoms with E-state index in [0.717, 1.165) is 37.0 Å². The van der Waals surface area contributed by atoms with Crippen molar-refractivity contribution in [3.05, 3.63) is 35.4 Å². The van der Waals surface area contributed by atoms with Gasteiger partial charge in [0.05, 0.1) is 18.9 Å². The third kappa shape index (κ3) is 3.16. The van der Waals surface area contributed by atoms with Crippen molar-refractivity contribution >= 4 is 46.8 Å². The van der Waals surface area contributed by atoms with Gasteiger partial charge in [0, 0.05) is 24.6 Å². The van der Waals surface area contributed by atoms with E-state index in [1.165, 1.54) is 25.1 Å². The molecular weight excluding hydrogens is 531 g/mol. The number of fused-ring (bicyclic) bond motifs is 4. The zero-order valence-corrected chi connectivity index (χ0v) is 22.8. The summed E-state index contributed by atoms with van der Waals surface area (Å²) in [6.07, 6.45) is 6.77. The van der Waals surface area contributed by atoms with Gasteiger partial charge in [-0.25, -0.2) is 0 Å². The van der Waals surface area contributed by atoms with Crippen molar-refractivity contribution in [2.75, 3.05) is 14.2 Å². The number of phenolic OH excluding ortho intramolecular Hbond substituents is 1. The number of phenols is 1. The fraction of sp³-hybridized carbons (Fsp3) is 0.571. The Morgan fingerprint density at radius 3 is 2.39 bits per heavy atom. The summed E-state index contributed by atoms with van der Waals surface area (Å²) in [6.45, 7) is 0. The lowest BCUT2D eigenvalue weighted by Gasteiger charge is -2.50. The predicted octanol–water partition coefficient (Wildman–Crippen LogP) is 3.72. The van der Waals surface area contributed by atoms with Crippen molar-refractivity contribution < 1.29 is 29.0 Å². The quantitative estimate of drug-likeness (QED) is 0.343. The average molecular weight is 561 g/mol. The van der Waals surface area contributed by atoms with Crippen LogP contribution in [0.4, 0.5) is 0 Å². The number of ether oxygens (including phenoxy) is 1. The molecule has 2 saturated carbocycles. The Morgan fingerprint density at radius 1 is 1.00 bits per heavy atom. The second-order valence-corrected chi connectivity index (χ2v) is 12.5. The zero-order valence-electron chi connectivity index (χ0n) is 21.3. The largest absolute Gasteiger partial charge is 0.508 e. The maximum Gasteiger partial charge on any atom is 0.253 e. The molecule has 8 nitrogen and oxygen atoms in total. The Balaban J connectivity index is 1.51. The van der Waals surface area contributed by atoms with Crippen molar-refractivity contribution in [1.29, 1.82) is 0 Å². The number of hydrogen-bond donors (Lipinski definition) is 1. The lowest BCUT2D eigenvalue weighted by atomic mass is 9.56. The van der Waals surface area contributed by atoms with E-state index >= 15 is 0 Å². The highest BCUT2D eigenvalue weighted by atomic mass is 35.5. The number of halogens is 2. The SMILES string of the molecule is COc1ccc(O)c([C@H]2C3=CC[C@@H]4C(=O)N(C5CCCCC5)C(=O)[C@@H]4[C@@H]3C[C@@]3(Cl)C(=O)N(C)C(=O)[C@@]23Cl)c1. The van der Waals surface area contributed by atoms with Gasteiger partial charge in [0.1, 0.15) is 11.5 Å². The maximum atomic E-state index is 14.0. The fourth-order valence-electron chi connectivity index (χ4n) is 7.70. The third-order valence-corrected chi connectivity index (χ3v) is 10.9. The van der Waals surface area contributed by atoms with Crippen molar-refractivity contribution in [1.82, 2.24) is 9.80 Å². The number of allylic oxidation sites excluding steroid dienone is 2. The first-order valence-corrected chi connectivity index (χ1v) is 14.0. The summed E-state index contributed by atoms with van der Waals surface area (Å²) in [5, 5.41) is 11.0. The van der Waals surface area contributed by atoms with Crippen LogP contribution in [0.1, 0.15) is 56.4 Å². The summed E-state index contributed by atoms with van der Waals surface area (Å²) < 4.78 is 5.38. The zero-order chi connectivity index (χ0) is 27.1. The molecule has 1 aromatic carbocycles. The highest BCUT2D eigenvalue weighted by molar-refractivity contribution is 6.53. The van der Waals surface area contributed by atoms with E-state index in [2.05, 4.69) is 0 Å². The lowest BCUT2D eigenvalue weighted by molar-refractivity contribution is -0.144. The van der Waals surface area contributed by atoms with E-state index in [9.17, 15) is 24.3 Å². The smallest absolute Gasteiger partial charge is 0.253 e. The van der Waals surface area contributed by atoms with Gasteiger partial charge in [0.2, 0.25) is 11.8 Å². The first-order valence-electron chi connectivity index (χ1n) is 13.2. The van der Waals surface area contributed by atoms with Crippen LogP contribution in [0.2, 0.25) is 0 Å². The molecule has 0 aromatic heterocycles. The maximum absolute atomic E-state index is 14.0. The molecule has 6 atom stereocenters. The molecule has 0 unspecified atom stereocenters. The number of nitrogens with zero attached hydrogens (tertiary/aromatic N) is 2. The molecule has 0 spiro atoms. The van der Waals surface area contributed by atoms with E-state index in [4.69, 9.17) is 27.9 Å². The number of methoxy groups -OCH3 is 1. The molecule has 1 aromatic rings. The molecule has 6 rings (SSSR count). The number of benzene rings is 1. The van der Waals surface area contributed by atoms with Gasteiger partial charge >= 0.3 is 0 Å². The molecule has 0 radical (unpaired) electrons. The van der Waals surface area contributed by atoms with Crippen molar-refractivity contribution in [2.24, 2.45) is 17.8 Å². The van der Waals surface area contributed by atoms with Crippen LogP contribution in [0, 0.1) is 17.8 Å². The normalized spacial score (nSPS) is 37.2. The Bertz CT molecular complexity index is 1290. The van der Waals surface area contributed by atoms with Crippen molar-refractivity contribution in [3.8, 4) is 11.5 Å². The van der Waals surface area contributed by atoms with Gasteiger partial charge in [-0.05, 0) is 49.8 Å².